The number of aliphatic hydroxyl groups is 1. The van der Waals surface area contributed by atoms with Crippen molar-refractivity contribution in [2.45, 2.75) is 19.3 Å². The minimum absolute atomic E-state index is 0.309. The first-order valence-corrected chi connectivity index (χ1v) is 10.4. The normalized spacial score (nSPS) is 18.1. The van der Waals surface area contributed by atoms with E-state index in [1.807, 2.05) is 30.3 Å². The minimum Gasteiger partial charge on any atom is -0.454 e. The van der Waals surface area contributed by atoms with Gasteiger partial charge in [-0.3, -0.25) is 9.80 Å². The number of piperazine rings is 1. The summed E-state index contributed by atoms with van der Waals surface area (Å²) in [5, 5.41) is 11.0. The van der Waals surface area contributed by atoms with Crippen molar-refractivity contribution in [1.82, 2.24) is 9.80 Å². The maximum atomic E-state index is 10.3. The quantitative estimate of drug-likeness (QED) is 0.711. The molecule has 156 valence electrons. The van der Waals surface area contributed by atoms with Gasteiger partial charge in [0, 0.05) is 44.3 Å². The van der Waals surface area contributed by atoms with E-state index in [2.05, 4.69) is 21.9 Å². The highest BCUT2D eigenvalue weighted by molar-refractivity contribution is 6.30. The fourth-order valence-corrected chi connectivity index (χ4v) is 3.80. The molecule has 0 spiro atoms. The maximum absolute atomic E-state index is 10.3. The third kappa shape index (κ3) is 5.84. The Morgan fingerprint density at radius 1 is 0.931 bits per heavy atom. The molecule has 0 bridgehead atoms. The van der Waals surface area contributed by atoms with Crippen LogP contribution in [0.15, 0.2) is 42.5 Å². The lowest BCUT2D eigenvalue weighted by molar-refractivity contribution is 0.000875. The van der Waals surface area contributed by atoms with E-state index in [0.717, 1.165) is 49.8 Å². The fourth-order valence-electron chi connectivity index (χ4n) is 3.67. The minimum atomic E-state index is -0.484. The lowest BCUT2D eigenvalue weighted by Crippen LogP contribution is -2.48. The van der Waals surface area contributed by atoms with E-state index in [0.29, 0.717) is 31.6 Å². The summed E-state index contributed by atoms with van der Waals surface area (Å²) in [4.78, 5) is 4.73. The second-order valence-corrected chi connectivity index (χ2v) is 8.00. The molecule has 1 atom stereocenters. The molecule has 29 heavy (non-hydrogen) atoms. The predicted molar refractivity (Wildman–Crippen MR) is 111 cm³/mol. The molecule has 1 saturated heterocycles. The highest BCUT2D eigenvalue weighted by Crippen LogP contribution is 2.32. The van der Waals surface area contributed by atoms with Crippen LogP contribution in [0.4, 0.5) is 0 Å². The van der Waals surface area contributed by atoms with Crippen molar-refractivity contribution >= 4 is 11.6 Å². The third-order valence-corrected chi connectivity index (χ3v) is 5.52. The molecule has 2 heterocycles. The van der Waals surface area contributed by atoms with Gasteiger partial charge in [0.05, 0.1) is 19.3 Å². The molecule has 0 aromatic heterocycles. The average molecular weight is 419 g/mol. The van der Waals surface area contributed by atoms with Gasteiger partial charge in [-0.05, 0) is 35.4 Å². The SMILES string of the molecule is OC(COCc1ccc(Cl)cc1)CN1CCN(Cc2ccc3c(c2)OCO3)CC1. The number of β-amino-alcohol motifs (C(OH)–C–C–N with tert-alkyl or cyclic N) is 1. The van der Waals surface area contributed by atoms with Crippen LogP contribution in [0.1, 0.15) is 11.1 Å². The van der Waals surface area contributed by atoms with E-state index in [4.69, 9.17) is 25.8 Å². The number of hydrogen-bond donors (Lipinski definition) is 1. The first kappa shape index (κ1) is 20.4. The first-order chi connectivity index (χ1) is 14.2. The van der Waals surface area contributed by atoms with Crippen molar-refractivity contribution in [3.05, 3.63) is 58.6 Å². The number of nitrogens with zero attached hydrogens (tertiary/aromatic N) is 2. The predicted octanol–water partition coefficient (Wildman–Crippen LogP) is 2.76. The van der Waals surface area contributed by atoms with Crippen molar-refractivity contribution in [3.63, 3.8) is 0 Å². The van der Waals surface area contributed by atoms with Gasteiger partial charge in [-0.1, -0.05) is 29.8 Å². The lowest BCUT2D eigenvalue weighted by atomic mass is 10.1. The number of aliphatic hydroxyl groups excluding tert-OH is 1. The molecule has 0 radical (unpaired) electrons. The van der Waals surface area contributed by atoms with Gasteiger partial charge >= 0.3 is 0 Å². The van der Waals surface area contributed by atoms with E-state index in [9.17, 15) is 5.11 Å². The molecule has 2 aromatic carbocycles. The lowest BCUT2D eigenvalue weighted by Gasteiger charge is -2.35. The molecule has 1 unspecified atom stereocenters. The zero-order valence-electron chi connectivity index (χ0n) is 16.4. The zero-order chi connectivity index (χ0) is 20.1. The van der Waals surface area contributed by atoms with Crippen LogP contribution in [0.25, 0.3) is 0 Å². The Hall–Kier alpha value is -1.83. The third-order valence-electron chi connectivity index (χ3n) is 5.27. The summed E-state index contributed by atoms with van der Waals surface area (Å²) in [6.07, 6.45) is -0.484. The smallest absolute Gasteiger partial charge is 0.231 e. The van der Waals surface area contributed by atoms with Gasteiger partial charge in [0.15, 0.2) is 11.5 Å². The average Bonchev–Trinajstić information content (AvgIpc) is 3.19. The molecule has 7 heteroatoms. The molecule has 6 nitrogen and oxygen atoms in total. The van der Waals surface area contributed by atoms with Crippen LogP contribution < -0.4 is 9.47 Å². The summed E-state index contributed by atoms with van der Waals surface area (Å²) in [6.45, 7) is 6.51. The Morgan fingerprint density at radius 2 is 1.62 bits per heavy atom. The molecule has 1 N–H and O–H groups in total. The molecule has 0 amide bonds. The monoisotopic (exact) mass is 418 g/mol. The molecular weight excluding hydrogens is 392 g/mol. The van der Waals surface area contributed by atoms with Crippen LogP contribution in [0.2, 0.25) is 5.02 Å². The van der Waals surface area contributed by atoms with Crippen molar-refractivity contribution in [1.29, 1.82) is 0 Å². The van der Waals surface area contributed by atoms with Gasteiger partial charge in [0.1, 0.15) is 0 Å². The van der Waals surface area contributed by atoms with Crippen LogP contribution in [0.3, 0.4) is 0 Å². The number of ether oxygens (including phenoxy) is 3. The van der Waals surface area contributed by atoms with Gasteiger partial charge < -0.3 is 19.3 Å². The van der Waals surface area contributed by atoms with E-state index in [1.54, 1.807) is 0 Å². The number of halogens is 1. The van der Waals surface area contributed by atoms with E-state index in [1.165, 1.54) is 5.56 Å². The van der Waals surface area contributed by atoms with Crippen molar-refractivity contribution in [2.75, 3.05) is 46.1 Å². The van der Waals surface area contributed by atoms with Crippen molar-refractivity contribution < 1.29 is 19.3 Å². The van der Waals surface area contributed by atoms with Crippen molar-refractivity contribution in [3.8, 4) is 11.5 Å². The summed E-state index contributed by atoms with van der Waals surface area (Å²) >= 11 is 5.88. The Labute approximate surface area is 176 Å². The highest BCUT2D eigenvalue weighted by Gasteiger charge is 2.20. The highest BCUT2D eigenvalue weighted by atomic mass is 35.5. The summed E-state index contributed by atoms with van der Waals surface area (Å²) in [5.41, 5.74) is 2.29. The summed E-state index contributed by atoms with van der Waals surface area (Å²) in [7, 11) is 0. The summed E-state index contributed by atoms with van der Waals surface area (Å²) in [5.74, 6) is 1.66. The standard InChI is InChI=1S/C22H27ClN2O4/c23-19-4-1-17(2-5-19)14-27-15-20(26)13-25-9-7-24(8-10-25)12-18-3-6-21-22(11-18)29-16-28-21/h1-6,11,20,26H,7-10,12-16H2. The van der Waals surface area contributed by atoms with E-state index in [-0.39, 0.29) is 0 Å². The largest absolute Gasteiger partial charge is 0.454 e. The molecule has 4 rings (SSSR count). The van der Waals surface area contributed by atoms with Crippen LogP contribution >= 0.6 is 11.6 Å². The molecule has 0 saturated carbocycles. The molecule has 2 aliphatic heterocycles. The number of hydrogen-bond acceptors (Lipinski definition) is 6. The number of fused-ring (bicyclic) bond motifs is 1. The van der Waals surface area contributed by atoms with Gasteiger partial charge in [-0.2, -0.15) is 0 Å². The Bertz CT molecular complexity index is 794. The number of benzene rings is 2. The summed E-state index contributed by atoms with van der Waals surface area (Å²) < 4.78 is 16.5. The van der Waals surface area contributed by atoms with Gasteiger partial charge in [0.2, 0.25) is 6.79 Å². The van der Waals surface area contributed by atoms with Crippen LogP contribution in [-0.4, -0.2) is 67.1 Å². The molecular formula is C22H27ClN2O4. The fraction of sp³-hybridized carbons (Fsp3) is 0.455. The Kier molecular flexibility index (Phi) is 6.90. The second kappa shape index (κ2) is 9.78. The van der Waals surface area contributed by atoms with E-state index >= 15 is 0 Å². The summed E-state index contributed by atoms with van der Waals surface area (Å²) in [6, 6.07) is 13.7. The molecule has 0 aliphatic carbocycles. The van der Waals surface area contributed by atoms with Gasteiger partial charge in [0.25, 0.3) is 0 Å². The van der Waals surface area contributed by atoms with Crippen molar-refractivity contribution in [2.24, 2.45) is 0 Å². The first-order valence-electron chi connectivity index (χ1n) is 9.99. The molecule has 1 fully saturated rings. The topological polar surface area (TPSA) is 54.4 Å². The number of rotatable bonds is 8. The molecule has 2 aromatic rings. The van der Waals surface area contributed by atoms with Gasteiger partial charge in [-0.25, -0.2) is 0 Å². The second-order valence-electron chi connectivity index (χ2n) is 7.56. The Morgan fingerprint density at radius 3 is 2.41 bits per heavy atom. The van der Waals surface area contributed by atoms with Crippen LogP contribution in [-0.2, 0) is 17.9 Å². The molecule has 2 aliphatic rings. The van der Waals surface area contributed by atoms with E-state index < -0.39 is 6.10 Å². The van der Waals surface area contributed by atoms with Crippen LogP contribution in [0.5, 0.6) is 11.5 Å². The van der Waals surface area contributed by atoms with Gasteiger partial charge in [-0.15, -0.1) is 0 Å². The maximum Gasteiger partial charge on any atom is 0.231 e. The Balaban J connectivity index is 1.14. The van der Waals surface area contributed by atoms with Crippen LogP contribution in [0, 0.1) is 0 Å². The zero-order valence-corrected chi connectivity index (χ0v) is 17.2.